The Hall–Kier alpha value is -2.50. The molecule has 0 aromatic heterocycles. The number of methoxy groups -OCH3 is 1. The van der Waals surface area contributed by atoms with Gasteiger partial charge in [0.1, 0.15) is 5.75 Å². The lowest BCUT2D eigenvalue weighted by Crippen LogP contribution is -2.52. The van der Waals surface area contributed by atoms with Crippen LogP contribution in [-0.2, 0) is 20.1 Å². The van der Waals surface area contributed by atoms with Crippen LogP contribution in [0.5, 0.6) is 5.75 Å². The number of ketones is 2. The largest absolute Gasteiger partial charge is 0.497 e. The van der Waals surface area contributed by atoms with Crippen LogP contribution in [0, 0.1) is 5.41 Å². The molecule has 0 N–H and O–H groups in total. The minimum atomic E-state index is -1.74. The fourth-order valence-corrected chi connectivity index (χ4v) is 2.79. The highest BCUT2D eigenvalue weighted by Gasteiger charge is 2.51. The Morgan fingerprint density at radius 1 is 0.923 bits per heavy atom. The summed E-state index contributed by atoms with van der Waals surface area (Å²) in [6.45, 7) is 4.56. The fourth-order valence-electron chi connectivity index (χ4n) is 2.79. The summed E-state index contributed by atoms with van der Waals surface area (Å²) >= 11 is 0. The van der Waals surface area contributed by atoms with Crippen LogP contribution < -0.4 is 4.74 Å². The Bertz CT molecular complexity index is 783. The molecule has 0 unspecified atom stereocenters. The molecule has 136 valence electrons. The van der Waals surface area contributed by atoms with Gasteiger partial charge in [-0.1, -0.05) is 44.2 Å². The number of rotatable bonds is 5. The van der Waals surface area contributed by atoms with E-state index in [1.54, 1.807) is 61.7 Å². The van der Waals surface area contributed by atoms with Gasteiger partial charge in [-0.25, -0.2) is 0 Å². The molecule has 0 amide bonds. The minimum absolute atomic E-state index is 0.244. The van der Waals surface area contributed by atoms with E-state index in [9.17, 15) is 9.59 Å². The quantitative estimate of drug-likeness (QED) is 0.608. The highest BCUT2D eigenvalue weighted by Crippen LogP contribution is 2.38. The van der Waals surface area contributed by atoms with Crippen molar-refractivity contribution in [1.82, 2.24) is 0 Å². The second-order valence-corrected chi connectivity index (χ2v) is 7.11. The number of benzene rings is 2. The number of carbonyl (C=O) groups excluding carboxylic acids is 2. The van der Waals surface area contributed by atoms with Crippen LogP contribution in [0.15, 0.2) is 54.6 Å². The van der Waals surface area contributed by atoms with E-state index in [4.69, 9.17) is 14.2 Å². The standard InChI is InChI=1S/C21H22O5/c1-20(2)13-25-21(26-14-20,16-9-11-17(24-3)12-10-16)19(23)18(22)15-7-5-4-6-8-15/h4-12H,13-14H2,1-3H3. The van der Waals surface area contributed by atoms with Crippen molar-refractivity contribution in [3.63, 3.8) is 0 Å². The van der Waals surface area contributed by atoms with Crippen molar-refractivity contribution in [3.8, 4) is 5.75 Å². The third-order valence-corrected chi connectivity index (χ3v) is 4.34. The molecule has 5 heteroatoms. The molecule has 0 bridgehead atoms. The van der Waals surface area contributed by atoms with E-state index in [1.807, 2.05) is 13.8 Å². The summed E-state index contributed by atoms with van der Waals surface area (Å²) in [7, 11) is 1.56. The second-order valence-electron chi connectivity index (χ2n) is 7.11. The van der Waals surface area contributed by atoms with E-state index in [0.29, 0.717) is 30.1 Å². The molecule has 1 heterocycles. The van der Waals surface area contributed by atoms with E-state index < -0.39 is 17.4 Å². The normalized spacial score (nSPS) is 18.1. The van der Waals surface area contributed by atoms with Crippen molar-refractivity contribution in [3.05, 3.63) is 65.7 Å². The molecule has 2 aromatic carbocycles. The van der Waals surface area contributed by atoms with Gasteiger partial charge in [-0.3, -0.25) is 9.59 Å². The maximum Gasteiger partial charge on any atom is 0.267 e. The third kappa shape index (κ3) is 3.41. The summed E-state index contributed by atoms with van der Waals surface area (Å²) in [4.78, 5) is 25.9. The number of Topliss-reactive ketones (excluding diaryl/α,β-unsaturated/α-hetero) is 2. The van der Waals surface area contributed by atoms with Crippen molar-refractivity contribution >= 4 is 11.6 Å². The topological polar surface area (TPSA) is 61.8 Å². The molecule has 0 saturated carbocycles. The van der Waals surface area contributed by atoms with E-state index in [1.165, 1.54) is 0 Å². The summed E-state index contributed by atoms with van der Waals surface area (Å²) in [6, 6.07) is 15.2. The van der Waals surface area contributed by atoms with Gasteiger partial charge in [-0.05, 0) is 24.3 Å². The first-order valence-electron chi connectivity index (χ1n) is 8.45. The molecule has 0 spiro atoms. The van der Waals surface area contributed by atoms with Gasteiger partial charge in [0.25, 0.3) is 11.6 Å². The first-order valence-corrected chi connectivity index (χ1v) is 8.45. The molecule has 5 nitrogen and oxygen atoms in total. The summed E-state index contributed by atoms with van der Waals surface area (Å²) in [6.07, 6.45) is 0. The maximum absolute atomic E-state index is 13.2. The van der Waals surface area contributed by atoms with Crippen LogP contribution in [0.1, 0.15) is 29.8 Å². The van der Waals surface area contributed by atoms with Gasteiger partial charge in [0.15, 0.2) is 0 Å². The predicted molar refractivity (Wildman–Crippen MR) is 96.1 cm³/mol. The highest BCUT2D eigenvalue weighted by molar-refractivity contribution is 6.45. The molecular weight excluding hydrogens is 332 g/mol. The maximum atomic E-state index is 13.2. The summed E-state index contributed by atoms with van der Waals surface area (Å²) in [5.74, 6) is -2.47. The van der Waals surface area contributed by atoms with E-state index in [-0.39, 0.29) is 5.41 Å². The average Bonchev–Trinajstić information content (AvgIpc) is 2.68. The van der Waals surface area contributed by atoms with Crippen LogP contribution in [0.2, 0.25) is 0 Å². The summed E-state index contributed by atoms with van der Waals surface area (Å²) in [5, 5.41) is 0. The van der Waals surface area contributed by atoms with Crippen LogP contribution in [0.25, 0.3) is 0 Å². The van der Waals surface area contributed by atoms with Gasteiger partial charge in [0.2, 0.25) is 5.78 Å². The van der Waals surface area contributed by atoms with Crippen molar-refractivity contribution < 1.29 is 23.8 Å². The average molecular weight is 354 g/mol. The van der Waals surface area contributed by atoms with Gasteiger partial charge in [0.05, 0.1) is 20.3 Å². The number of hydrogen-bond acceptors (Lipinski definition) is 5. The van der Waals surface area contributed by atoms with Crippen LogP contribution in [0.4, 0.5) is 0 Å². The van der Waals surface area contributed by atoms with Crippen LogP contribution in [-0.4, -0.2) is 31.9 Å². The molecule has 26 heavy (non-hydrogen) atoms. The molecule has 1 aliphatic heterocycles. The lowest BCUT2D eigenvalue weighted by molar-refractivity contribution is -0.286. The number of hydrogen-bond donors (Lipinski definition) is 0. The van der Waals surface area contributed by atoms with Gasteiger partial charge >= 0.3 is 0 Å². The molecule has 1 fully saturated rings. The summed E-state index contributed by atoms with van der Waals surface area (Å²) < 4.78 is 17.0. The fraction of sp³-hybridized carbons (Fsp3) is 0.333. The summed E-state index contributed by atoms with van der Waals surface area (Å²) in [5.41, 5.74) is 0.539. The minimum Gasteiger partial charge on any atom is -0.497 e. The lowest BCUT2D eigenvalue weighted by Gasteiger charge is -2.42. The zero-order chi connectivity index (χ0) is 18.8. The van der Waals surface area contributed by atoms with E-state index in [0.717, 1.165) is 0 Å². The van der Waals surface area contributed by atoms with Crippen LogP contribution in [0.3, 0.4) is 0 Å². The monoisotopic (exact) mass is 354 g/mol. The first-order chi connectivity index (χ1) is 12.4. The van der Waals surface area contributed by atoms with Crippen molar-refractivity contribution in [2.75, 3.05) is 20.3 Å². The Labute approximate surface area is 152 Å². The molecule has 3 rings (SSSR count). The second kappa shape index (κ2) is 7.02. The zero-order valence-corrected chi connectivity index (χ0v) is 15.2. The molecule has 2 aromatic rings. The van der Waals surface area contributed by atoms with Crippen molar-refractivity contribution in [1.29, 1.82) is 0 Å². The molecule has 1 saturated heterocycles. The molecular formula is C21H22O5. The first kappa shape index (κ1) is 18.3. The molecule has 0 aliphatic carbocycles. The van der Waals surface area contributed by atoms with Gasteiger partial charge < -0.3 is 14.2 Å². The van der Waals surface area contributed by atoms with E-state index in [2.05, 4.69) is 0 Å². The Morgan fingerprint density at radius 3 is 2.04 bits per heavy atom. The van der Waals surface area contributed by atoms with Gasteiger partial charge in [-0.15, -0.1) is 0 Å². The predicted octanol–water partition coefficient (Wildman–Crippen LogP) is 3.37. The van der Waals surface area contributed by atoms with Crippen molar-refractivity contribution in [2.24, 2.45) is 5.41 Å². The third-order valence-electron chi connectivity index (χ3n) is 4.34. The highest BCUT2D eigenvalue weighted by atomic mass is 16.7. The Kier molecular flexibility index (Phi) is 4.94. The Balaban J connectivity index is 2.00. The SMILES string of the molecule is COc1ccc(C2(C(=O)C(=O)c3ccccc3)OCC(C)(C)CO2)cc1. The van der Waals surface area contributed by atoms with E-state index >= 15 is 0 Å². The Morgan fingerprint density at radius 2 is 1.50 bits per heavy atom. The van der Waals surface area contributed by atoms with Crippen LogP contribution >= 0.6 is 0 Å². The van der Waals surface area contributed by atoms with Gasteiger partial charge in [0, 0.05) is 16.5 Å². The molecule has 1 aliphatic rings. The molecule has 0 atom stereocenters. The lowest BCUT2D eigenvalue weighted by atomic mass is 9.90. The van der Waals surface area contributed by atoms with Gasteiger partial charge in [-0.2, -0.15) is 0 Å². The zero-order valence-electron chi connectivity index (χ0n) is 15.2. The van der Waals surface area contributed by atoms with Crippen molar-refractivity contribution in [2.45, 2.75) is 19.6 Å². The smallest absolute Gasteiger partial charge is 0.267 e. The number of carbonyl (C=O) groups is 2. The molecule has 0 radical (unpaired) electrons. The number of ether oxygens (including phenoxy) is 3.